The van der Waals surface area contributed by atoms with Crippen molar-refractivity contribution in [3.63, 3.8) is 0 Å². The van der Waals surface area contributed by atoms with Gasteiger partial charge < -0.3 is 20.5 Å². The van der Waals surface area contributed by atoms with Crippen molar-refractivity contribution in [1.29, 1.82) is 0 Å². The zero-order valence-corrected chi connectivity index (χ0v) is 20.2. The molecular formula is C28H34N2O5. The minimum Gasteiger partial charge on any atom is -0.480 e. The van der Waals surface area contributed by atoms with Crippen LogP contribution in [0.15, 0.2) is 48.5 Å². The summed E-state index contributed by atoms with van der Waals surface area (Å²) in [7, 11) is 0. The summed E-state index contributed by atoms with van der Waals surface area (Å²) in [5.74, 6) is -1.03. The second-order valence-electron chi connectivity index (χ2n) is 9.65. The highest BCUT2D eigenvalue weighted by molar-refractivity contribution is 5.84. The van der Waals surface area contributed by atoms with Gasteiger partial charge in [0.15, 0.2) is 0 Å². The number of carbonyl (C=O) groups excluding carboxylic acids is 2. The Hall–Kier alpha value is -3.35. The minimum absolute atomic E-state index is 0.0264. The van der Waals surface area contributed by atoms with E-state index < -0.39 is 24.1 Å². The molecule has 2 atom stereocenters. The maximum Gasteiger partial charge on any atom is 0.407 e. The predicted molar refractivity (Wildman–Crippen MR) is 133 cm³/mol. The molecule has 0 saturated heterocycles. The van der Waals surface area contributed by atoms with Crippen molar-refractivity contribution in [3.05, 3.63) is 59.7 Å². The lowest BCUT2D eigenvalue weighted by molar-refractivity contribution is -0.142. The molecule has 0 bridgehead atoms. The quantitative estimate of drug-likeness (QED) is 0.405. The van der Waals surface area contributed by atoms with Crippen molar-refractivity contribution < 1.29 is 24.2 Å². The molecule has 7 nitrogen and oxygen atoms in total. The molecule has 0 aromatic heterocycles. The molecule has 4 rings (SSSR count). The number of fused-ring (bicyclic) bond motifs is 3. The van der Waals surface area contributed by atoms with Gasteiger partial charge in [0.05, 0.1) is 0 Å². The summed E-state index contributed by atoms with van der Waals surface area (Å²) >= 11 is 0. The van der Waals surface area contributed by atoms with Crippen LogP contribution in [0.1, 0.15) is 68.9 Å². The number of amides is 2. The van der Waals surface area contributed by atoms with E-state index in [1.54, 1.807) is 0 Å². The SMILES string of the molecule is CCCC[C@H](CC(=O)NC(CC1CC1)C(=O)O)NC(=O)OCC1c2ccccc2-c2ccccc21. The number of unbranched alkanes of at least 4 members (excludes halogenated alkanes) is 1. The smallest absolute Gasteiger partial charge is 0.407 e. The maximum absolute atomic E-state index is 12.7. The number of carboxylic acids is 1. The second-order valence-corrected chi connectivity index (χ2v) is 9.65. The number of hydrogen-bond donors (Lipinski definition) is 3. The molecule has 3 N–H and O–H groups in total. The zero-order valence-electron chi connectivity index (χ0n) is 20.2. The summed E-state index contributed by atoms with van der Waals surface area (Å²) in [6.07, 6.45) is 4.34. The van der Waals surface area contributed by atoms with Crippen LogP contribution in [0.5, 0.6) is 0 Å². The third kappa shape index (κ3) is 6.41. The number of nitrogens with one attached hydrogen (secondary N) is 2. The van der Waals surface area contributed by atoms with Gasteiger partial charge in [0.2, 0.25) is 5.91 Å². The topological polar surface area (TPSA) is 105 Å². The third-order valence-corrected chi connectivity index (χ3v) is 6.90. The maximum atomic E-state index is 12.7. The van der Waals surface area contributed by atoms with Crippen LogP contribution in [-0.2, 0) is 14.3 Å². The van der Waals surface area contributed by atoms with Gasteiger partial charge >= 0.3 is 12.1 Å². The van der Waals surface area contributed by atoms with Gasteiger partial charge in [0.25, 0.3) is 0 Å². The van der Waals surface area contributed by atoms with Gasteiger partial charge in [-0.05, 0) is 41.0 Å². The van der Waals surface area contributed by atoms with Gasteiger partial charge in [-0.25, -0.2) is 9.59 Å². The number of ether oxygens (including phenoxy) is 1. The van der Waals surface area contributed by atoms with E-state index in [-0.39, 0.29) is 24.9 Å². The molecule has 1 saturated carbocycles. The van der Waals surface area contributed by atoms with E-state index in [2.05, 4.69) is 34.9 Å². The first-order chi connectivity index (χ1) is 17.0. The average molecular weight is 479 g/mol. The summed E-state index contributed by atoms with van der Waals surface area (Å²) in [4.78, 5) is 36.8. The largest absolute Gasteiger partial charge is 0.480 e. The number of aliphatic carboxylic acids is 1. The van der Waals surface area contributed by atoms with Crippen LogP contribution in [0.2, 0.25) is 0 Å². The molecule has 0 heterocycles. The molecule has 1 unspecified atom stereocenters. The van der Waals surface area contributed by atoms with Gasteiger partial charge in [-0.15, -0.1) is 0 Å². The molecule has 0 aliphatic heterocycles. The van der Waals surface area contributed by atoms with Gasteiger partial charge in [0.1, 0.15) is 12.6 Å². The lowest BCUT2D eigenvalue weighted by Crippen LogP contribution is -2.45. The Bertz CT molecular complexity index is 1020. The number of rotatable bonds is 12. The molecule has 2 aliphatic rings. The highest BCUT2D eigenvalue weighted by Gasteiger charge is 2.31. The Morgan fingerprint density at radius 1 is 1.00 bits per heavy atom. The van der Waals surface area contributed by atoms with Gasteiger partial charge in [0, 0.05) is 18.4 Å². The van der Waals surface area contributed by atoms with E-state index in [1.165, 1.54) is 0 Å². The third-order valence-electron chi connectivity index (χ3n) is 6.90. The van der Waals surface area contributed by atoms with Crippen molar-refractivity contribution >= 4 is 18.0 Å². The fourth-order valence-corrected chi connectivity index (χ4v) is 4.87. The van der Waals surface area contributed by atoms with Crippen LogP contribution in [0.4, 0.5) is 4.79 Å². The molecular weight excluding hydrogens is 444 g/mol. The highest BCUT2D eigenvalue weighted by Crippen LogP contribution is 2.44. The normalized spacial score (nSPS) is 16.0. The number of hydrogen-bond acceptors (Lipinski definition) is 4. The van der Waals surface area contributed by atoms with E-state index >= 15 is 0 Å². The molecule has 2 aromatic rings. The summed E-state index contributed by atoms with van der Waals surface area (Å²) in [6.45, 7) is 2.25. The standard InChI is InChI=1S/C28H34N2O5/c1-2-3-8-19(16-26(31)30-25(27(32)33)15-18-13-14-18)29-28(34)35-17-24-22-11-6-4-9-20(22)21-10-5-7-12-23(21)24/h4-7,9-12,18-19,24-25H,2-3,8,13-17H2,1H3,(H,29,34)(H,30,31)(H,32,33)/t19-,25?/m1/s1. The molecule has 2 aromatic carbocycles. The Balaban J connectivity index is 1.34. The van der Waals surface area contributed by atoms with Crippen LogP contribution in [0.25, 0.3) is 11.1 Å². The van der Waals surface area contributed by atoms with Gasteiger partial charge in [-0.3, -0.25) is 4.79 Å². The molecule has 2 amide bonds. The molecule has 35 heavy (non-hydrogen) atoms. The Kier molecular flexibility index (Phi) is 8.06. The van der Waals surface area contributed by atoms with E-state index in [4.69, 9.17) is 4.74 Å². The molecule has 186 valence electrons. The first-order valence-corrected chi connectivity index (χ1v) is 12.6. The summed E-state index contributed by atoms with van der Waals surface area (Å²) in [6, 6.07) is 15.0. The fraction of sp³-hybridized carbons (Fsp3) is 0.464. The Morgan fingerprint density at radius 2 is 1.63 bits per heavy atom. The molecule has 0 spiro atoms. The van der Waals surface area contributed by atoms with Crippen molar-refractivity contribution in [1.82, 2.24) is 10.6 Å². The summed E-state index contributed by atoms with van der Waals surface area (Å²) in [5, 5.41) is 14.9. The Morgan fingerprint density at radius 3 is 2.20 bits per heavy atom. The molecule has 0 radical (unpaired) electrons. The van der Waals surface area contributed by atoms with Crippen LogP contribution in [-0.4, -0.2) is 41.8 Å². The van der Waals surface area contributed by atoms with Gasteiger partial charge in [-0.2, -0.15) is 0 Å². The van der Waals surface area contributed by atoms with Crippen LogP contribution >= 0.6 is 0 Å². The van der Waals surface area contributed by atoms with E-state index in [1.807, 2.05) is 31.2 Å². The first kappa shape index (κ1) is 24.8. The zero-order chi connectivity index (χ0) is 24.8. The number of alkyl carbamates (subject to hydrolysis) is 1. The Labute approximate surface area is 206 Å². The molecule has 7 heteroatoms. The van der Waals surface area contributed by atoms with Crippen LogP contribution in [0.3, 0.4) is 0 Å². The summed E-state index contributed by atoms with van der Waals surface area (Å²) < 4.78 is 5.64. The highest BCUT2D eigenvalue weighted by atomic mass is 16.5. The monoisotopic (exact) mass is 478 g/mol. The minimum atomic E-state index is -1.01. The number of benzene rings is 2. The van der Waals surface area contributed by atoms with E-state index in [0.717, 1.165) is 47.9 Å². The summed E-state index contributed by atoms with van der Waals surface area (Å²) in [5.41, 5.74) is 4.60. The lowest BCUT2D eigenvalue weighted by Gasteiger charge is -2.21. The van der Waals surface area contributed by atoms with Crippen molar-refractivity contribution in [2.75, 3.05) is 6.61 Å². The average Bonchev–Trinajstić information content (AvgIpc) is 3.61. The molecule has 2 aliphatic carbocycles. The predicted octanol–water partition coefficient (Wildman–Crippen LogP) is 4.84. The fourth-order valence-electron chi connectivity index (χ4n) is 4.87. The van der Waals surface area contributed by atoms with E-state index in [0.29, 0.717) is 18.8 Å². The second kappa shape index (κ2) is 11.4. The van der Waals surface area contributed by atoms with Crippen LogP contribution in [0, 0.1) is 5.92 Å². The van der Waals surface area contributed by atoms with Crippen LogP contribution < -0.4 is 10.6 Å². The van der Waals surface area contributed by atoms with E-state index in [9.17, 15) is 19.5 Å². The van der Waals surface area contributed by atoms with Crippen molar-refractivity contribution in [3.8, 4) is 11.1 Å². The lowest BCUT2D eigenvalue weighted by atomic mass is 9.98. The van der Waals surface area contributed by atoms with Gasteiger partial charge in [-0.1, -0.05) is 81.1 Å². The molecule has 1 fully saturated rings. The van der Waals surface area contributed by atoms with Crippen molar-refractivity contribution in [2.24, 2.45) is 5.92 Å². The van der Waals surface area contributed by atoms with Crippen molar-refractivity contribution in [2.45, 2.75) is 69.9 Å². The first-order valence-electron chi connectivity index (χ1n) is 12.6. The number of carbonyl (C=O) groups is 3. The number of carboxylic acid groups (broad SMARTS) is 1.